The molecule has 0 bridgehead atoms. The normalized spacial score (nSPS) is 10.8. The number of halogens is 1. The molecule has 0 saturated heterocycles. The number of amides is 1. The molecular weight excluding hydrogens is 330 g/mol. The number of carbonyl (C=O) groups is 1. The highest BCUT2D eigenvalue weighted by atomic mass is 79.9. The van der Waals surface area contributed by atoms with Crippen LogP contribution < -0.4 is 5.32 Å². The Morgan fingerprint density at radius 3 is 2.76 bits per heavy atom. The average Bonchev–Trinajstić information content (AvgIpc) is 2.88. The van der Waals surface area contributed by atoms with Crippen LogP contribution >= 0.6 is 15.9 Å². The number of hydrogen-bond donors (Lipinski definition) is 1. The Labute approximate surface area is 131 Å². The summed E-state index contributed by atoms with van der Waals surface area (Å²) >= 11 is 3.43. The fourth-order valence-electron chi connectivity index (χ4n) is 2.26. The standard InChI is InChI=1S/C16H14BrN3O/c1-2-14-19-15(13-9-5-6-10-20(13)14)16(21)18-12-8-4-3-7-11(12)17/h3-10H,2H2,1H3,(H,18,21). The van der Waals surface area contributed by atoms with Crippen LogP contribution in [0.3, 0.4) is 0 Å². The summed E-state index contributed by atoms with van der Waals surface area (Å²) in [6.07, 6.45) is 2.70. The second kappa shape index (κ2) is 5.69. The van der Waals surface area contributed by atoms with Crippen molar-refractivity contribution in [1.29, 1.82) is 0 Å². The fourth-order valence-corrected chi connectivity index (χ4v) is 2.65. The van der Waals surface area contributed by atoms with Crippen LogP contribution in [0.1, 0.15) is 23.2 Å². The SMILES string of the molecule is CCc1nc(C(=O)Nc2ccccc2Br)c2ccccn12. The van der Waals surface area contributed by atoms with Crippen LogP contribution in [0.2, 0.25) is 0 Å². The third-order valence-electron chi connectivity index (χ3n) is 3.27. The summed E-state index contributed by atoms with van der Waals surface area (Å²) in [6.45, 7) is 2.03. The highest BCUT2D eigenvalue weighted by molar-refractivity contribution is 9.10. The summed E-state index contributed by atoms with van der Waals surface area (Å²) in [6, 6.07) is 13.3. The van der Waals surface area contributed by atoms with E-state index in [4.69, 9.17) is 0 Å². The van der Waals surface area contributed by atoms with Gasteiger partial charge in [-0.1, -0.05) is 25.1 Å². The van der Waals surface area contributed by atoms with Crippen LogP contribution in [0.4, 0.5) is 5.69 Å². The van der Waals surface area contributed by atoms with Gasteiger partial charge in [0.2, 0.25) is 0 Å². The molecule has 0 saturated carbocycles. The van der Waals surface area contributed by atoms with Gasteiger partial charge in [-0.05, 0) is 40.2 Å². The number of rotatable bonds is 3. The molecule has 1 N–H and O–H groups in total. The molecule has 2 heterocycles. The van der Waals surface area contributed by atoms with Crippen molar-refractivity contribution in [2.75, 3.05) is 5.32 Å². The first kappa shape index (κ1) is 13.8. The molecular formula is C16H14BrN3O. The van der Waals surface area contributed by atoms with E-state index in [0.717, 1.165) is 27.9 Å². The number of nitrogens with zero attached hydrogens (tertiary/aromatic N) is 2. The second-order valence-corrected chi connectivity index (χ2v) is 5.47. The summed E-state index contributed by atoms with van der Waals surface area (Å²) in [5.74, 6) is 0.674. The third-order valence-corrected chi connectivity index (χ3v) is 3.97. The van der Waals surface area contributed by atoms with Gasteiger partial charge in [0.05, 0.1) is 11.2 Å². The molecule has 1 amide bonds. The molecule has 0 aliphatic heterocycles. The second-order valence-electron chi connectivity index (χ2n) is 4.62. The highest BCUT2D eigenvalue weighted by Gasteiger charge is 2.17. The maximum absolute atomic E-state index is 12.5. The van der Waals surface area contributed by atoms with E-state index in [2.05, 4.69) is 26.2 Å². The molecule has 0 fully saturated rings. The number of anilines is 1. The summed E-state index contributed by atoms with van der Waals surface area (Å²) in [7, 11) is 0. The molecule has 4 nitrogen and oxygen atoms in total. The number of carbonyl (C=O) groups excluding carboxylic acids is 1. The number of imidazole rings is 1. The van der Waals surface area contributed by atoms with Gasteiger partial charge in [0.15, 0.2) is 5.69 Å². The fraction of sp³-hybridized carbons (Fsp3) is 0.125. The van der Waals surface area contributed by atoms with E-state index in [1.54, 1.807) is 0 Å². The van der Waals surface area contributed by atoms with Crippen molar-refractivity contribution < 1.29 is 4.79 Å². The molecule has 0 radical (unpaired) electrons. The van der Waals surface area contributed by atoms with E-state index in [0.29, 0.717) is 5.69 Å². The Kier molecular flexibility index (Phi) is 3.75. The summed E-state index contributed by atoms with van der Waals surface area (Å²) in [5, 5.41) is 2.89. The van der Waals surface area contributed by atoms with Crippen molar-refractivity contribution in [1.82, 2.24) is 9.38 Å². The van der Waals surface area contributed by atoms with Crippen LogP contribution in [0.15, 0.2) is 53.1 Å². The largest absolute Gasteiger partial charge is 0.320 e. The van der Waals surface area contributed by atoms with Crippen molar-refractivity contribution in [3.8, 4) is 0 Å². The number of fused-ring (bicyclic) bond motifs is 1. The smallest absolute Gasteiger partial charge is 0.276 e. The summed E-state index contributed by atoms with van der Waals surface area (Å²) in [5.41, 5.74) is 2.00. The lowest BCUT2D eigenvalue weighted by Gasteiger charge is -2.05. The van der Waals surface area contributed by atoms with Crippen LogP contribution in [0.5, 0.6) is 0 Å². The van der Waals surface area contributed by atoms with Crippen molar-refractivity contribution in [2.24, 2.45) is 0 Å². The molecule has 3 rings (SSSR count). The molecule has 0 atom stereocenters. The molecule has 1 aromatic carbocycles. The molecule has 0 aliphatic rings. The van der Waals surface area contributed by atoms with E-state index in [1.807, 2.05) is 60.0 Å². The molecule has 2 aromatic heterocycles. The van der Waals surface area contributed by atoms with Crippen LogP contribution in [0, 0.1) is 0 Å². The predicted octanol–water partition coefficient (Wildman–Crippen LogP) is 3.91. The van der Waals surface area contributed by atoms with Crippen molar-refractivity contribution in [3.05, 3.63) is 64.7 Å². The van der Waals surface area contributed by atoms with E-state index in [-0.39, 0.29) is 5.91 Å². The number of nitrogens with one attached hydrogen (secondary N) is 1. The van der Waals surface area contributed by atoms with E-state index >= 15 is 0 Å². The van der Waals surface area contributed by atoms with Gasteiger partial charge in [-0.15, -0.1) is 0 Å². The molecule has 3 aromatic rings. The third kappa shape index (κ3) is 2.56. The molecule has 0 unspecified atom stereocenters. The van der Waals surface area contributed by atoms with Gasteiger partial charge < -0.3 is 9.72 Å². The minimum absolute atomic E-state index is 0.203. The van der Waals surface area contributed by atoms with Gasteiger partial charge in [0.25, 0.3) is 5.91 Å². The Hall–Kier alpha value is -2.14. The van der Waals surface area contributed by atoms with Crippen molar-refractivity contribution >= 4 is 33.0 Å². The minimum Gasteiger partial charge on any atom is -0.320 e. The Morgan fingerprint density at radius 1 is 1.24 bits per heavy atom. The van der Waals surface area contributed by atoms with E-state index < -0.39 is 0 Å². The Balaban J connectivity index is 2.01. The Bertz CT molecular complexity index is 810. The molecule has 0 aliphatic carbocycles. The van der Waals surface area contributed by atoms with Crippen LogP contribution in [0.25, 0.3) is 5.52 Å². The lowest BCUT2D eigenvalue weighted by atomic mass is 10.3. The maximum Gasteiger partial charge on any atom is 0.276 e. The molecule has 21 heavy (non-hydrogen) atoms. The monoisotopic (exact) mass is 343 g/mol. The van der Waals surface area contributed by atoms with E-state index in [1.165, 1.54) is 0 Å². The maximum atomic E-state index is 12.5. The van der Waals surface area contributed by atoms with Gasteiger partial charge in [0.1, 0.15) is 5.82 Å². The van der Waals surface area contributed by atoms with Crippen LogP contribution in [-0.2, 0) is 6.42 Å². The zero-order valence-corrected chi connectivity index (χ0v) is 13.1. The topological polar surface area (TPSA) is 46.4 Å². The minimum atomic E-state index is -0.203. The number of benzene rings is 1. The lowest BCUT2D eigenvalue weighted by Crippen LogP contribution is -2.13. The average molecular weight is 344 g/mol. The lowest BCUT2D eigenvalue weighted by molar-refractivity contribution is 0.102. The number of para-hydroxylation sites is 1. The quantitative estimate of drug-likeness (QED) is 0.783. The number of hydrogen-bond acceptors (Lipinski definition) is 2. The number of pyridine rings is 1. The van der Waals surface area contributed by atoms with Crippen LogP contribution in [-0.4, -0.2) is 15.3 Å². The predicted molar refractivity (Wildman–Crippen MR) is 86.7 cm³/mol. The molecule has 106 valence electrons. The number of aromatic nitrogens is 2. The number of aryl methyl sites for hydroxylation is 1. The first-order valence-corrected chi connectivity index (χ1v) is 7.52. The van der Waals surface area contributed by atoms with Gasteiger partial charge in [0, 0.05) is 17.1 Å². The van der Waals surface area contributed by atoms with Crippen molar-refractivity contribution in [3.63, 3.8) is 0 Å². The van der Waals surface area contributed by atoms with Gasteiger partial charge in [-0.2, -0.15) is 0 Å². The van der Waals surface area contributed by atoms with Gasteiger partial charge >= 0.3 is 0 Å². The zero-order chi connectivity index (χ0) is 14.8. The van der Waals surface area contributed by atoms with Crippen molar-refractivity contribution in [2.45, 2.75) is 13.3 Å². The van der Waals surface area contributed by atoms with E-state index in [9.17, 15) is 4.79 Å². The van der Waals surface area contributed by atoms with Gasteiger partial charge in [-0.25, -0.2) is 4.98 Å². The zero-order valence-electron chi connectivity index (χ0n) is 11.5. The summed E-state index contributed by atoms with van der Waals surface area (Å²) in [4.78, 5) is 17.0. The Morgan fingerprint density at radius 2 is 2.00 bits per heavy atom. The highest BCUT2D eigenvalue weighted by Crippen LogP contribution is 2.22. The summed E-state index contributed by atoms with van der Waals surface area (Å²) < 4.78 is 2.80. The molecule has 0 spiro atoms. The molecule has 5 heteroatoms. The first-order valence-electron chi connectivity index (χ1n) is 6.72. The first-order chi connectivity index (χ1) is 10.2. The van der Waals surface area contributed by atoms with Gasteiger partial charge in [-0.3, -0.25) is 4.79 Å².